The van der Waals surface area contributed by atoms with Crippen LogP contribution in [0.4, 0.5) is 0 Å². The van der Waals surface area contributed by atoms with Gasteiger partial charge in [0.15, 0.2) is 0 Å². The number of ether oxygens (including phenoxy) is 1. The van der Waals surface area contributed by atoms with Gasteiger partial charge in [0.05, 0.1) is 13.5 Å². The van der Waals surface area contributed by atoms with Crippen LogP contribution in [-0.4, -0.2) is 35.9 Å². The van der Waals surface area contributed by atoms with E-state index < -0.39 is 6.04 Å². The summed E-state index contributed by atoms with van der Waals surface area (Å²) in [7, 11) is 1.62. The lowest BCUT2D eigenvalue weighted by Crippen LogP contribution is -2.50. The minimum absolute atomic E-state index is 0.0700. The number of benzene rings is 2. The summed E-state index contributed by atoms with van der Waals surface area (Å²) >= 11 is 3.45. The SMILES string of the molecule is COc1ccc(CC(=O)N(Cc2ccc(Br)cc2)[C@@H](C)C(=O)NC2CCCCC2)cc1. The fraction of sp³-hybridized carbons (Fsp3) is 0.440. The Labute approximate surface area is 193 Å². The fourth-order valence-corrected chi connectivity index (χ4v) is 4.22. The molecule has 0 spiro atoms. The first-order valence-electron chi connectivity index (χ1n) is 10.9. The maximum Gasteiger partial charge on any atom is 0.242 e. The molecule has 1 N–H and O–H groups in total. The normalized spacial score (nSPS) is 15.2. The molecule has 3 rings (SSSR count). The molecule has 2 amide bonds. The summed E-state index contributed by atoms with van der Waals surface area (Å²) in [5.74, 6) is 0.606. The van der Waals surface area contributed by atoms with Gasteiger partial charge in [-0.25, -0.2) is 0 Å². The molecule has 0 bridgehead atoms. The highest BCUT2D eigenvalue weighted by Gasteiger charge is 2.28. The van der Waals surface area contributed by atoms with Crippen LogP contribution in [0.5, 0.6) is 5.75 Å². The summed E-state index contributed by atoms with van der Waals surface area (Å²) in [6.07, 6.45) is 5.81. The van der Waals surface area contributed by atoms with Crippen LogP contribution in [0.2, 0.25) is 0 Å². The van der Waals surface area contributed by atoms with E-state index in [1.165, 1.54) is 6.42 Å². The fourth-order valence-electron chi connectivity index (χ4n) is 3.96. The van der Waals surface area contributed by atoms with E-state index in [-0.39, 0.29) is 24.3 Å². The van der Waals surface area contributed by atoms with Crippen LogP contribution in [0.25, 0.3) is 0 Å². The van der Waals surface area contributed by atoms with Gasteiger partial charge in [-0.1, -0.05) is 59.5 Å². The molecule has 1 saturated carbocycles. The average Bonchev–Trinajstić information content (AvgIpc) is 2.79. The summed E-state index contributed by atoms with van der Waals surface area (Å²) in [5.41, 5.74) is 1.88. The lowest BCUT2D eigenvalue weighted by Gasteiger charge is -2.31. The molecule has 2 aromatic carbocycles. The molecule has 6 heteroatoms. The first-order valence-corrected chi connectivity index (χ1v) is 11.7. The predicted octanol–water partition coefficient (Wildman–Crippen LogP) is 4.87. The van der Waals surface area contributed by atoms with Crippen molar-refractivity contribution in [3.63, 3.8) is 0 Å². The highest BCUT2D eigenvalue weighted by atomic mass is 79.9. The van der Waals surface area contributed by atoms with Crippen LogP contribution in [0, 0.1) is 0 Å². The van der Waals surface area contributed by atoms with Crippen molar-refractivity contribution in [1.29, 1.82) is 0 Å². The third-order valence-corrected chi connectivity index (χ3v) is 6.43. The Morgan fingerprint density at radius 3 is 2.26 bits per heavy atom. The van der Waals surface area contributed by atoms with E-state index in [4.69, 9.17) is 4.74 Å². The molecule has 0 heterocycles. The van der Waals surface area contributed by atoms with E-state index in [0.717, 1.165) is 47.0 Å². The quantitative estimate of drug-likeness (QED) is 0.578. The number of halogens is 1. The van der Waals surface area contributed by atoms with Gasteiger partial charge in [-0.2, -0.15) is 0 Å². The maximum absolute atomic E-state index is 13.3. The standard InChI is InChI=1S/C25H31BrN2O3/c1-18(25(30)27-22-6-4-3-5-7-22)28(17-20-8-12-21(26)13-9-20)24(29)16-19-10-14-23(31-2)15-11-19/h8-15,18,22H,3-7,16-17H2,1-2H3,(H,27,30)/t18-/m0/s1. The number of rotatable bonds is 8. The highest BCUT2D eigenvalue weighted by molar-refractivity contribution is 9.10. The average molecular weight is 487 g/mol. The Hall–Kier alpha value is -2.34. The van der Waals surface area contributed by atoms with Gasteiger partial charge in [0.1, 0.15) is 11.8 Å². The number of carbonyl (C=O) groups excluding carboxylic acids is 2. The Kier molecular flexibility index (Phi) is 8.52. The largest absolute Gasteiger partial charge is 0.497 e. The molecule has 0 unspecified atom stereocenters. The van der Waals surface area contributed by atoms with Crippen LogP contribution >= 0.6 is 15.9 Å². The lowest BCUT2D eigenvalue weighted by atomic mass is 9.95. The van der Waals surface area contributed by atoms with E-state index in [0.29, 0.717) is 6.54 Å². The molecule has 5 nitrogen and oxygen atoms in total. The molecule has 1 fully saturated rings. The topological polar surface area (TPSA) is 58.6 Å². The van der Waals surface area contributed by atoms with Crippen molar-refractivity contribution in [3.8, 4) is 5.75 Å². The third-order valence-electron chi connectivity index (χ3n) is 5.90. The zero-order chi connectivity index (χ0) is 22.2. The molecule has 1 aliphatic carbocycles. The molecule has 0 aromatic heterocycles. The first kappa shape index (κ1) is 23.3. The predicted molar refractivity (Wildman–Crippen MR) is 126 cm³/mol. The Balaban J connectivity index is 1.74. The Morgan fingerprint density at radius 2 is 1.65 bits per heavy atom. The minimum atomic E-state index is -0.545. The molecule has 0 saturated heterocycles. The zero-order valence-electron chi connectivity index (χ0n) is 18.3. The second kappa shape index (κ2) is 11.3. The number of hydrogen-bond acceptors (Lipinski definition) is 3. The molecule has 1 atom stereocenters. The molecule has 166 valence electrons. The van der Waals surface area contributed by atoms with Gasteiger partial charge in [0.2, 0.25) is 11.8 Å². The van der Waals surface area contributed by atoms with Crippen molar-refractivity contribution in [2.24, 2.45) is 0 Å². The number of nitrogens with zero attached hydrogens (tertiary/aromatic N) is 1. The smallest absolute Gasteiger partial charge is 0.242 e. The second-order valence-electron chi connectivity index (χ2n) is 8.19. The van der Waals surface area contributed by atoms with Crippen LogP contribution < -0.4 is 10.1 Å². The summed E-state index contributed by atoms with van der Waals surface area (Å²) in [6, 6.07) is 15.0. The third kappa shape index (κ3) is 6.82. The highest BCUT2D eigenvalue weighted by Crippen LogP contribution is 2.20. The molecular formula is C25H31BrN2O3. The van der Waals surface area contributed by atoms with Crippen LogP contribution in [0.1, 0.15) is 50.2 Å². The van der Waals surface area contributed by atoms with Crippen LogP contribution in [0.15, 0.2) is 53.0 Å². The number of amides is 2. The number of hydrogen-bond donors (Lipinski definition) is 1. The zero-order valence-corrected chi connectivity index (χ0v) is 19.9. The molecule has 0 radical (unpaired) electrons. The summed E-state index contributed by atoms with van der Waals surface area (Å²) < 4.78 is 6.18. The van der Waals surface area contributed by atoms with Gasteiger partial charge in [-0.15, -0.1) is 0 Å². The van der Waals surface area contributed by atoms with E-state index in [1.54, 1.807) is 12.0 Å². The number of nitrogens with one attached hydrogen (secondary N) is 1. The van der Waals surface area contributed by atoms with Crippen LogP contribution in [-0.2, 0) is 22.6 Å². The van der Waals surface area contributed by atoms with E-state index in [2.05, 4.69) is 21.2 Å². The van der Waals surface area contributed by atoms with Crippen molar-refractivity contribution in [1.82, 2.24) is 10.2 Å². The van der Waals surface area contributed by atoms with Gasteiger partial charge in [-0.3, -0.25) is 9.59 Å². The van der Waals surface area contributed by atoms with E-state index >= 15 is 0 Å². The van der Waals surface area contributed by atoms with Gasteiger partial charge in [0, 0.05) is 17.1 Å². The van der Waals surface area contributed by atoms with Crippen molar-refractivity contribution >= 4 is 27.7 Å². The summed E-state index contributed by atoms with van der Waals surface area (Å²) in [5, 5.41) is 3.17. The lowest BCUT2D eigenvalue weighted by molar-refractivity contribution is -0.140. The monoisotopic (exact) mass is 486 g/mol. The number of methoxy groups -OCH3 is 1. The molecule has 31 heavy (non-hydrogen) atoms. The Morgan fingerprint density at radius 1 is 1.03 bits per heavy atom. The Bertz CT molecular complexity index is 861. The molecule has 0 aliphatic heterocycles. The van der Waals surface area contributed by atoms with E-state index in [9.17, 15) is 9.59 Å². The molecular weight excluding hydrogens is 456 g/mol. The van der Waals surface area contributed by atoms with Gasteiger partial charge >= 0.3 is 0 Å². The minimum Gasteiger partial charge on any atom is -0.497 e. The van der Waals surface area contributed by atoms with Gasteiger partial charge in [-0.05, 0) is 55.2 Å². The van der Waals surface area contributed by atoms with Crippen LogP contribution in [0.3, 0.4) is 0 Å². The molecule has 2 aromatic rings. The van der Waals surface area contributed by atoms with Crippen molar-refractivity contribution in [3.05, 3.63) is 64.1 Å². The maximum atomic E-state index is 13.3. The summed E-state index contributed by atoms with van der Waals surface area (Å²) in [6.45, 7) is 2.21. The summed E-state index contributed by atoms with van der Waals surface area (Å²) in [4.78, 5) is 28.0. The first-order chi connectivity index (χ1) is 15.0. The van der Waals surface area contributed by atoms with Crippen molar-refractivity contribution in [2.45, 2.75) is 64.1 Å². The number of carbonyl (C=O) groups is 2. The second-order valence-corrected chi connectivity index (χ2v) is 9.11. The van der Waals surface area contributed by atoms with Crippen molar-refractivity contribution in [2.75, 3.05) is 7.11 Å². The molecule has 1 aliphatic rings. The van der Waals surface area contributed by atoms with Gasteiger partial charge < -0.3 is 15.0 Å². The van der Waals surface area contributed by atoms with Gasteiger partial charge in [0.25, 0.3) is 0 Å². The van der Waals surface area contributed by atoms with Crippen molar-refractivity contribution < 1.29 is 14.3 Å². The van der Waals surface area contributed by atoms with E-state index in [1.807, 2.05) is 55.5 Å².